The summed E-state index contributed by atoms with van der Waals surface area (Å²) in [5.74, 6) is -0.229. The molecule has 90 valence electrons. The average molecular weight is 241 g/mol. The SMILES string of the molecule is Cc1cc(C(=O)n2cnc3c(N)cccc32)n[nH]1. The zero-order valence-corrected chi connectivity index (χ0v) is 9.71. The third kappa shape index (κ3) is 1.46. The number of nitrogens with two attached hydrogens (primary N) is 1. The molecule has 0 atom stereocenters. The molecule has 6 heteroatoms. The number of nitrogens with one attached hydrogen (secondary N) is 1. The van der Waals surface area contributed by atoms with Crippen molar-refractivity contribution in [1.29, 1.82) is 0 Å². The zero-order valence-electron chi connectivity index (χ0n) is 9.71. The van der Waals surface area contributed by atoms with Gasteiger partial charge in [-0.05, 0) is 25.1 Å². The van der Waals surface area contributed by atoms with Gasteiger partial charge in [-0.1, -0.05) is 6.07 Å². The maximum atomic E-state index is 12.2. The molecule has 0 saturated heterocycles. The standard InChI is InChI=1S/C12H11N5O/c1-7-5-9(16-15-7)12(18)17-6-14-11-8(13)3-2-4-10(11)17/h2-6H,13H2,1H3,(H,15,16). The molecular formula is C12H11N5O. The second kappa shape index (κ2) is 3.69. The van der Waals surface area contributed by atoms with Crippen molar-refractivity contribution in [3.8, 4) is 0 Å². The quantitative estimate of drug-likeness (QED) is 0.629. The van der Waals surface area contributed by atoms with Gasteiger partial charge in [0.05, 0.1) is 11.2 Å². The Morgan fingerprint density at radius 2 is 2.28 bits per heavy atom. The van der Waals surface area contributed by atoms with E-state index in [2.05, 4.69) is 15.2 Å². The van der Waals surface area contributed by atoms with Gasteiger partial charge in [0, 0.05) is 5.69 Å². The van der Waals surface area contributed by atoms with E-state index in [0.29, 0.717) is 22.4 Å². The van der Waals surface area contributed by atoms with Gasteiger partial charge >= 0.3 is 0 Å². The van der Waals surface area contributed by atoms with Crippen molar-refractivity contribution in [1.82, 2.24) is 19.7 Å². The summed E-state index contributed by atoms with van der Waals surface area (Å²) in [5, 5.41) is 6.69. The number of H-pyrrole nitrogens is 1. The highest BCUT2D eigenvalue weighted by atomic mass is 16.2. The number of benzene rings is 1. The van der Waals surface area contributed by atoms with E-state index in [4.69, 9.17) is 5.73 Å². The monoisotopic (exact) mass is 241 g/mol. The van der Waals surface area contributed by atoms with E-state index in [-0.39, 0.29) is 5.91 Å². The third-order valence-electron chi connectivity index (χ3n) is 2.75. The fourth-order valence-corrected chi connectivity index (χ4v) is 1.87. The molecule has 3 N–H and O–H groups in total. The lowest BCUT2D eigenvalue weighted by molar-refractivity contribution is 0.0959. The molecule has 0 aliphatic carbocycles. The van der Waals surface area contributed by atoms with Crippen LogP contribution in [-0.4, -0.2) is 25.7 Å². The summed E-state index contributed by atoms with van der Waals surface area (Å²) in [7, 11) is 0. The molecule has 0 saturated carbocycles. The van der Waals surface area contributed by atoms with Gasteiger partial charge in [0.25, 0.3) is 5.91 Å². The first-order valence-corrected chi connectivity index (χ1v) is 5.45. The molecule has 0 aliphatic heterocycles. The van der Waals surface area contributed by atoms with Crippen molar-refractivity contribution in [2.45, 2.75) is 6.92 Å². The normalized spacial score (nSPS) is 10.9. The number of aromatic nitrogens is 4. The number of hydrogen-bond acceptors (Lipinski definition) is 4. The highest BCUT2D eigenvalue weighted by molar-refractivity contribution is 6.01. The van der Waals surface area contributed by atoms with Crippen molar-refractivity contribution in [3.63, 3.8) is 0 Å². The minimum absolute atomic E-state index is 0.229. The summed E-state index contributed by atoms with van der Waals surface area (Å²) < 4.78 is 1.45. The topological polar surface area (TPSA) is 89.6 Å². The Morgan fingerprint density at radius 1 is 1.44 bits per heavy atom. The molecule has 0 aliphatic rings. The molecule has 18 heavy (non-hydrogen) atoms. The molecule has 1 aromatic carbocycles. The summed E-state index contributed by atoms with van der Waals surface area (Å²) in [5.41, 5.74) is 8.85. The van der Waals surface area contributed by atoms with Crippen LogP contribution in [0.25, 0.3) is 11.0 Å². The molecule has 0 radical (unpaired) electrons. The van der Waals surface area contributed by atoms with Crippen molar-refractivity contribution < 1.29 is 4.79 Å². The van der Waals surface area contributed by atoms with Gasteiger partial charge in [0.2, 0.25) is 0 Å². The van der Waals surface area contributed by atoms with Crippen LogP contribution in [0.3, 0.4) is 0 Å². The summed E-state index contributed by atoms with van der Waals surface area (Å²) in [6.45, 7) is 1.84. The van der Waals surface area contributed by atoms with E-state index >= 15 is 0 Å². The van der Waals surface area contributed by atoms with Crippen LogP contribution in [0.4, 0.5) is 5.69 Å². The smallest absolute Gasteiger partial charge is 0.284 e. The highest BCUT2D eigenvalue weighted by Crippen LogP contribution is 2.19. The van der Waals surface area contributed by atoms with Gasteiger partial charge in [-0.3, -0.25) is 14.5 Å². The molecule has 3 aromatic rings. The predicted molar refractivity (Wildman–Crippen MR) is 67.2 cm³/mol. The van der Waals surface area contributed by atoms with Crippen molar-refractivity contribution in [2.75, 3.05) is 5.73 Å². The van der Waals surface area contributed by atoms with Crippen molar-refractivity contribution in [3.05, 3.63) is 42.0 Å². The van der Waals surface area contributed by atoms with Crippen LogP contribution >= 0.6 is 0 Å². The summed E-state index contributed by atoms with van der Waals surface area (Å²) in [6.07, 6.45) is 1.47. The molecule has 2 aromatic heterocycles. The number of nitrogens with zero attached hydrogens (tertiary/aromatic N) is 3. The van der Waals surface area contributed by atoms with Crippen LogP contribution in [0.1, 0.15) is 16.2 Å². The van der Waals surface area contributed by atoms with E-state index in [1.807, 2.05) is 6.92 Å². The zero-order chi connectivity index (χ0) is 12.7. The molecule has 3 rings (SSSR count). The lowest BCUT2D eigenvalue weighted by Gasteiger charge is -2.00. The molecule has 0 amide bonds. The molecule has 0 spiro atoms. The fraction of sp³-hybridized carbons (Fsp3) is 0.0833. The van der Waals surface area contributed by atoms with E-state index < -0.39 is 0 Å². The number of nitrogen functional groups attached to an aromatic ring is 1. The summed E-state index contributed by atoms with van der Waals surface area (Å²) >= 11 is 0. The van der Waals surface area contributed by atoms with Crippen LogP contribution < -0.4 is 5.73 Å². The van der Waals surface area contributed by atoms with Crippen LogP contribution in [0, 0.1) is 6.92 Å². The fourth-order valence-electron chi connectivity index (χ4n) is 1.87. The van der Waals surface area contributed by atoms with E-state index in [9.17, 15) is 4.79 Å². The molecule has 0 fully saturated rings. The molecule has 0 bridgehead atoms. The predicted octanol–water partition coefficient (Wildman–Crippen LogP) is 1.34. The molecule has 0 unspecified atom stereocenters. The number of para-hydroxylation sites is 1. The molecule has 6 nitrogen and oxygen atoms in total. The minimum Gasteiger partial charge on any atom is -0.397 e. The van der Waals surface area contributed by atoms with Crippen molar-refractivity contribution >= 4 is 22.6 Å². The van der Waals surface area contributed by atoms with Gasteiger partial charge in [-0.15, -0.1) is 0 Å². The second-order valence-electron chi connectivity index (χ2n) is 4.07. The van der Waals surface area contributed by atoms with E-state index in [1.54, 1.807) is 24.3 Å². The van der Waals surface area contributed by atoms with E-state index in [0.717, 1.165) is 5.69 Å². The van der Waals surface area contributed by atoms with Gasteiger partial charge in [-0.2, -0.15) is 5.10 Å². The van der Waals surface area contributed by atoms with Gasteiger partial charge in [0.15, 0.2) is 5.69 Å². The number of carbonyl (C=O) groups is 1. The van der Waals surface area contributed by atoms with Gasteiger partial charge in [0.1, 0.15) is 11.8 Å². The van der Waals surface area contributed by atoms with Gasteiger partial charge in [-0.25, -0.2) is 4.98 Å². The number of rotatable bonds is 1. The number of anilines is 1. The number of aromatic amines is 1. The lowest BCUT2D eigenvalue weighted by atomic mass is 10.2. The Balaban J connectivity index is 2.15. The number of carbonyl (C=O) groups excluding carboxylic acids is 1. The molecule has 2 heterocycles. The Bertz CT molecular complexity index is 740. The van der Waals surface area contributed by atoms with Crippen LogP contribution in [-0.2, 0) is 0 Å². The number of aryl methyl sites for hydroxylation is 1. The highest BCUT2D eigenvalue weighted by Gasteiger charge is 2.15. The Hall–Kier alpha value is -2.63. The Labute approximate surface area is 102 Å². The number of imidazole rings is 1. The number of hydrogen-bond donors (Lipinski definition) is 2. The first-order chi connectivity index (χ1) is 8.66. The first-order valence-electron chi connectivity index (χ1n) is 5.45. The Kier molecular flexibility index (Phi) is 2.16. The Morgan fingerprint density at radius 3 is 3.00 bits per heavy atom. The summed E-state index contributed by atoms with van der Waals surface area (Å²) in [4.78, 5) is 16.4. The van der Waals surface area contributed by atoms with Crippen LogP contribution in [0.15, 0.2) is 30.6 Å². The van der Waals surface area contributed by atoms with Gasteiger partial charge < -0.3 is 5.73 Å². The van der Waals surface area contributed by atoms with Crippen molar-refractivity contribution in [2.24, 2.45) is 0 Å². The average Bonchev–Trinajstić information content (AvgIpc) is 2.95. The first kappa shape index (κ1) is 10.5. The largest absolute Gasteiger partial charge is 0.397 e. The molecular weight excluding hydrogens is 230 g/mol. The maximum absolute atomic E-state index is 12.2. The maximum Gasteiger partial charge on any atom is 0.284 e. The van der Waals surface area contributed by atoms with Crippen LogP contribution in [0.2, 0.25) is 0 Å². The summed E-state index contributed by atoms with van der Waals surface area (Å²) in [6, 6.07) is 7.04. The van der Waals surface area contributed by atoms with E-state index in [1.165, 1.54) is 10.9 Å². The lowest BCUT2D eigenvalue weighted by Crippen LogP contribution is -2.11. The second-order valence-corrected chi connectivity index (χ2v) is 4.07. The third-order valence-corrected chi connectivity index (χ3v) is 2.75. The van der Waals surface area contributed by atoms with Crippen LogP contribution in [0.5, 0.6) is 0 Å². The number of fused-ring (bicyclic) bond motifs is 1. The minimum atomic E-state index is -0.229.